The monoisotopic (exact) mass is 270 g/mol. The largest absolute Gasteiger partial charge is 0.398 e. The first-order valence-electron chi connectivity index (χ1n) is 5.72. The zero-order chi connectivity index (χ0) is 14.5. The summed E-state index contributed by atoms with van der Waals surface area (Å²) in [6.07, 6.45) is 0. The van der Waals surface area contributed by atoms with Crippen molar-refractivity contribution in [1.29, 1.82) is 5.26 Å². The van der Waals surface area contributed by atoms with Crippen molar-refractivity contribution in [3.05, 3.63) is 59.4 Å². The van der Waals surface area contributed by atoms with E-state index in [1.165, 1.54) is 12.1 Å². The van der Waals surface area contributed by atoms with Crippen molar-refractivity contribution < 1.29 is 9.18 Å². The third kappa shape index (κ3) is 2.84. The first-order chi connectivity index (χ1) is 9.61. The molecule has 0 aliphatic rings. The predicted octanol–water partition coefficient (Wildman–Crippen LogP) is 2.04. The normalized spacial score (nSPS) is 9.60. The Labute approximate surface area is 114 Å². The fraction of sp³-hybridized carbons (Fsp3) is 0. The number of hydrazine groups is 1. The van der Waals surface area contributed by atoms with Crippen LogP contribution in [-0.4, -0.2) is 5.91 Å². The SMILES string of the molecule is N#Cc1ccc(NNC(=O)c2c(N)cccc2F)cc1. The third-order valence-electron chi connectivity index (χ3n) is 2.61. The summed E-state index contributed by atoms with van der Waals surface area (Å²) in [6.45, 7) is 0. The Morgan fingerprint density at radius 3 is 2.50 bits per heavy atom. The van der Waals surface area contributed by atoms with Crippen molar-refractivity contribution in [3.8, 4) is 6.07 Å². The quantitative estimate of drug-likeness (QED) is 0.588. The Morgan fingerprint density at radius 2 is 1.90 bits per heavy atom. The van der Waals surface area contributed by atoms with Crippen molar-refractivity contribution >= 4 is 17.3 Å². The average molecular weight is 270 g/mol. The third-order valence-corrected chi connectivity index (χ3v) is 2.61. The van der Waals surface area contributed by atoms with E-state index in [4.69, 9.17) is 11.0 Å². The Bertz CT molecular complexity index is 656. The van der Waals surface area contributed by atoms with Gasteiger partial charge in [0.2, 0.25) is 0 Å². The second-order valence-electron chi connectivity index (χ2n) is 3.97. The summed E-state index contributed by atoms with van der Waals surface area (Å²) in [5, 5.41) is 8.66. The minimum absolute atomic E-state index is 0.0594. The first kappa shape index (κ1) is 13.4. The van der Waals surface area contributed by atoms with Crippen LogP contribution in [0.5, 0.6) is 0 Å². The van der Waals surface area contributed by atoms with Crippen LogP contribution in [0.1, 0.15) is 15.9 Å². The van der Waals surface area contributed by atoms with Gasteiger partial charge in [-0.15, -0.1) is 0 Å². The van der Waals surface area contributed by atoms with Gasteiger partial charge in [-0.05, 0) is 36.4 Å². The second kappa shape index (κ2) is 5.71. The van der Waals surface area contributed by atoms with Crippen molar-refractivity contribution in [3.63, 3.8) is 0 Å². The molecule has 0 aliphatic carbocycles. The van der Waals surface area contributed by atoms with Gasteiger partial charge >= 0.3 is 0 Å². The van der Waals surface area contributed by atoms with E-state index in [-0.39, 0.29) is 11.3 Å². The number of amides is 1. The Hall–Kier alpha value is -3.07. The summed E-state index contributed by atoms with van der Waals surface area (Å²) in [5.74, 6) is -1.37. The average Bonchev–Trinajstić information content (AvgIpc) is 2.45. The molecule has 100 valence electrons. The molecular formula is C14H11FN4O. The molecule has 0 bridgehead atoms. The summed E-state index contributed by atoms with van der Waals surface area (Å²) in [4.78, 5) is 11.8. The maximum atomic E-state index is 13.5. The molecule has 0 atom stereocenters. The lowest BCUT2D eigenvalue weighted by atomic mass is 10.1. The molecule has 2 aromatic carbocycles. The molecule has 2 aromatic rings. The molecule has 1 amide bonds. The van der Waals surface area contributed by atoms with Gasteiger partial charge in [-0.2, -0.15) is 5.26 Å². The van der Waals surface area contributed by atoms with Crippen molar-refractivity contribution in [1.82, 2.24) is 5.43 Å². The van der Waals surface area contributed by atoms with Crippen LogP contribution in [0.2, 0.25) is 0 Å². The van der Waals surface area contributed by atoms with Gasteiger partial charge in [0.25, 0.3) is 5.91 Å². The van der Waals surface area contributed by atoms with Gasteiger partial charge in [-0.1, -0.05) is 6.07 Å². The summed E-state index contributed by atoms with van der Waals surface area (Å²) in [6, 6.07) is 12.4. The molecule has 0 spiro atoms. The Kier molecular flexibility index (Phi) is 3.82. The Balaban J connectivity index is 2.07. The maximum Gasteiger partial charge on any atom is 0.274 e. The number of hydrogen-bond donors (Lipinski definition) is 3. The number of benzene rings is 2. The molecule has 0 saturated heterocycles. The number of carbonyl (C=O) groups is 1. The number of carbonyl (C=O) groups excluding carboxylic acids is 1. The van der Waals surface area contributed by atoms with Gasteiger partial charge in [-0.25, -0.2) is 4.39 Å². The van der Waals surface area contributed by atoms with Crippen LogP contribution in [0, 0.1) is 17.1 Å². The molecule has 6 heteroatoms. The van der Waals surface area contributed by atoms with E-state index < -0.39 is 11.7 Å². The number of hydrogen-bond acceptors (Lipinski definition) is 4. The van der Waals surface area contributed by atoms with Gasteiger partial charge in [-0.3, -0.25) is 15.6 Å². The van der Waals surface area contributed by atoms with Crippen molar-refractivity contribution in [2.75, 3.05) is 11.2 Å². The molecule has 5 nitrogen and oxygen atoms in total. The lowest BCUT2D eigenvalue weighted by Gasteiger charge is -2.10. The van der Waals surface area contributed by atoms with Crippen LogP contribution in [0.15, 0.2) is 42.5 Å². The summed E-state index contributed by atoms with van der Waals surface area (Å²) >= 11 is 0. The van der Waals surface area contributed by atoms with E-state index in [1.54, 1.807) is 24.3 Å². The first-order valence-corrected chi connectivity index (χ1v) is 5.72. The van der Waals surface area contributed by atoms with Gasteiger partial charge < -0.3 is 5.73 Å². The fourth-order valence-electron chi connectivity index (χ4n) is 1.60. The minimum Gasteiger partial charge on any atom is -0.398 e. The molecule has 2 rings (SSSR count). The number of nitrogens with two attached hydrogens (primary N) is 1. The minimum atomic E-state index is -0.691. The van der Waals surface area contributed by atoms with Crippen LogP contribution in [0.4, 0.5) is 15.8 Å². The van der Waals surface area contributed by atoms with Gasteiger partial charge in [0.1, 0.15) is 5.82 Å². The van der Waals surface area contributed by atoms with Crippen LogP contribution in [0.3, 0.4) is 0 Å². The molecule has 0 saturated carbocycles. The molecular weight excluding hydrogens is 259 g/mol. The van der Waals surface area contributed by atoms with E-state index in [0.29, 0.717) is 11.3 Å². The summed E-state index contributed by atoms with van der Waals surface area (Å²) in [7, 11) is 0. The lowest BCUT2D eigenvalue weighted by molar-refractivity contribution is 0.0959. The highest BCUT2D eigenvalue weighted by molar-refractivity contribution is 5.99. The maximum absolute atomic E-state index is 13.5. The molecule has 0 aromatic heterocycles. The zero-order valence-corrected chi connectivity index (χ0v) is 10.4. The van der Waals surface area contributed by atoms with Crippen LogP contribution >= 0.6 is 0 Å². The Morgan fingerprint density at radius 1 is 1.20 bits per heavy atom. The van der Waals surface area contributed by atoms with Gasteiger partial charge in [0, 0.05) is 5.69 Å². The van der Waals surface area contributed by atoms with E-state index in [1.807, 2.05) is 6.07 Å². The van der Waals surface area contributed by atoms with E-state index in [9.17, 15) is 9.18 Å². The predicted molar refractivity (Wildman–Crippen MR) is 73.1 cm³/mol. The zero-order valence-electron chi connectivity index (χ0n) is 10.4. The van der Waals surface area contributed by atoms with Gasteiger partial charge in [0.15, 0.2) is 0 Å². The number of anilines is 2. The highest BCUT2D eigenvalue weighted by Gasteiger charge is 2.14. The number of halogens is 1. The lowest BCUT2D eigenvalue weighted by Crippen LogP contribution is -2.30. The van der Waals surface area contributed by atoms with Crippen LogP contribution in [0.25, 0.3) is 0 Å². The van der Waals surface area contributed by atoms with Crippen LogP contribution in [-0.2, 0) is 0 Å². The molecule has 20 heavy (non-hydrogen) atoms. The highest BCUT2D eigenvalue weighted by atomic mass is 19.1. The molecule has 4 N–H and O–H groups in total. The number of rotatable bonds is 3. The summed E-state index contributed by atoms with van der Waals surface area (Å²) in [5.41, 5.74) is 11.4. The van der Waals surface area contributed by atoms with Crippen LogP contribution < -0.4 is 16.6 Å². The molecule has 0 unspecified atom stereocenters. The molecule has 0 fully saturated rings. The number of nitrogens with one attached hydrogen (secondary N) is 2. The number of nitrogens with zero attached hydrogens (tertiary/aromatic N) is 1. The smallest absolute Gasteiger partial charge is 0.274 e. The highest BCUT2D eigenvalue weighted by Crippen LogP contribution is 2.15. The second-order valence-corrected chi connectivity index (χ2v) is 3.97. The summed E-state index contributed by atoms with van der Waals surface area (Å²) < 4.78 is 13.5. The number of nitriles is 1. The van der Waals surface area contributed by atoms with Gasteiger partial charge in [0.05, 0.1) is 22.9 Å². The van der Waals surface area contributed by atoms with E-state index in [0.717, 1.165) is 6.07 Å². The standard InChI is InChI=1S/C14H11FN4O/c15-11-2-1-3-12(17)13(11)14(20)19-18-10-6-4-9(8-16)5-7-10/h1-7,18H,17H2,(H,19,20). The number of nitrogen functional groups attached to an aromatic ring is 1. The van der Waals surface area contributed by atoms with E-state index in [2.05, 4.69) is 10.9 Å². The van der Waals surface area contributed by atoms with Crippen molar-refractivity contribution in [2.45, 2.75) is 0 Å². The topological polar surface area (TPSA) is 90.9 Å². The molecule has 0 heterocycles. The fourth-order valence-corrected chi connectivity index (χ4v) is 1.60. The van der Waals surface area contributed by atoms with E-state index >= 15 is 0 Å². The molecule has 0 radical (unpaired) electrons. The van der Waals surface area contributed by atoms with Crippen molar-refractivity contribution in [2.24, 2.45) is 0 Å². The molecule has 0 aliphatic heterocycles.